The molecular formula is C18H18FN3O4. The van der Waals surface area contributed by atoms with E-state index in [1.54, 1.807) is 6.08 Å². The number of amides is 1. The summed E-state index contributed by atoms with van der Waals surface area (Å²) in [5.41, 5.74) is 5.56. The summed E-state index contributed by atoms with van der Waals surface area (Å²) in [4.78, 5) is 21.6. The molecule has 0 aromatic heterocycles. The molecule has 2 aromatic rings. The first kappa shape index (κ1) is 18.9. The minimum absolute atomic E-state index is 0.177. The summed E-state index contributed by atoms with van der Waals surface area (Å²) in [7, 11) is 0. The maximum Gasteiger partial charge on any atom is 0.407 e. The zero-order valence-corrected chi connectivity index (χ0v) is 13.9. The normalized spacial score (nSPS) is 10.7. The summed E-state index contributed by atoms with van der Waals surface area (Å²) in [6, 6.07) is 11.6. The van der Waals surface area contributed by atoms with Gasteiger partial charge in [-0.15, -0.1) is 0 Å². The van der Waals surface area contributed by atoms with Gasteiger partial charge in [0.2, 0.25) is 0 Å². The number of nitrogens with zero attached hydrogens (tertiary/aromatic N) is 1. The van der Waals surface area contributed by atoms with Crippen molar-refractivity contribution in [3.05, 3.63) is 75.6 Å². The maximum atomic E-state index is 13.6. The van der Waals surface area contributed by atoms with Crippen molar-refractivity contribution in [3.63, 3.8) is 0 Å². The number of nitrogen functional groups attached to an aromatic ring is 1. The number of ether oxygens (including phenoxy) is 1. The summed E-state index contributed by atoms with van der Waals surface area (Å²) in [5.74, 6) is -0.846. The van der Waals surface area contributed by atoms with Gasteiger partial charge in [-0.3, -0.25) is 10.1 Å². The topological polar surface area (TPSA) is 107 Å². The van der Waals surface area contributed by atoms with Crippen molar-refractivity contribution in [2.45, 2.75) is 13.0 Å². The zero-order chi connectivity index (χ0) is 18.9. The van der Waals surface area contributed by atoms with E-state index in [2.05, 4.69) is 5.32 Å². The Hall–Kier alpha value is -3.42. The number of carbonyl (C=O) groups excluding carboxylic acids is 1. The molecular weight excluding hydrogens is 341 g/mol. The minimum Gasteiger partial charge on any atom is -0.445 e. The Kier molecular flexibility index (Phi) is 6.67. The lowest BCUT2D eigenvalue weighted by Crippen LogP contribution is -2.24. The molecule has 0 saturated heterocycles. The van der Waals surface area contributed by atoms with Crippen LogP contribution in [-0.4, -0.2) is 17.6 Å². The number of anilines is 1. The first-order valence-electron chi connectivity index (χ1n) is 7.82. The number of nitrogens with two attached hydrogens (primary N) is 1. The van der Waals surface area contributed by atoms with Crippen LogP contribution in [0.1, 0.15) is 17.5 Å². The number of rotatable bonds is 7. The Balaban J connectivity index is 1.77. The van der Waals surface area contributed by atoms with Crippen LogP contribution in [0.2, 0.25) is 0 Å². The number of nitro benzene ring substituents is 1. The molecule has 0 saturated carbocycles. The number of carbonyl (C=O) groups is 1. The molecule has 26 heavy (non-hydrogen) atoms. The molecule has 136 valence electrons. The van der Waals surface area contributed by atoms with E-state index in [0.29, 0.717) is 18.5 Å². The van der Waals surface area contributed by atoms with Crippen molar-refractivity contribution in [1.82, 2.24) is 5.32 Å². The summed E-state index contributed by atoms with van der Waals surface area (Å²) in [6.07, 6.45) is 3.08. The molecule has 1 amide bonds. The third kappa shape index (κ3) is 5.59. The minimum atomic E-state index is -0.846. The smallest absolute Gasteiger partial charge is 0.407 e. The van der Waals surface area contributed by atoms with Gasteiger partial charge in [0.25, 0.3) is 5.69 Å². The summed E-state index contributed by atoms with van der Waals surface area (Å²) >= 11 is 0. The van der Waals surface area contributed by atoms with Crippen LogP contribution >= 0.6 is 0 Å². The van der Waals surface area contributed by atoms with Crippen LogP contribution in [0.15, 0.2) is 48.5 Å². The highest BCUT2D eigenvalue weighted by molar-refractivity contribution is 5.67. The Morgan fingerprint density at radius 3 is 2.73 bits per heavy atom. The van der Waals surface area contributed by atoms with Gasteiger partial charge in [-0.05, 0) is 23.6 Å². The lowest BCUT2D eigenvalue weighted by atomic mass is 10.1. The fourth-order valence-corrected chi connectivity index (χ4v) is 2.12. The quantitative estimate of drug-likeness (QED) is 0.340. The number of hydrogen-bond acceptors (Lipinski definition) is 5. The van der Waals surface area contributed by atoms with E-state index in [0.717, 1.165) is 11.6 Å². The molecule has 2 aromatic carbocycles. The van der Waals surface area contributed by atoms with E-state index in [-0.39, 0.29) is 6.61 Å². The average Bonchev–Trinajstić information content (AvgIpc) is 2.63. The van der Waals surface area contributed by atoms with Crippen molar-refractivity contribution in [3.8, 4) is 0 Å². The molecule has 0 radical (unpaired) electrons. The third-order valence-corrected chi connectivity index (χ3v) is 3.43. The molecule has 7 nitrogen and oxygen atoms in total. The monoisotopic (exact) mass is 359 g/mol. The van der Waals surface area contributed by atoms with E-state index in [9.17, 15) is 19.3 Å². The molecule has 0 aliphatic carbocycles. The zero-order valence-electron chi connectivity index (χ0n) is 13.9. The fraction of sp³-hybridized carbons (Fsp3) is 0.167. The van der Waals surface area contributed by atoms with Crippen molar-refractivity contribution in [2.75, 3.05) is 12.3 Å². The van der Waals surface area contributed by atoms with Crippen LogP contribution in [0.5, 0.6) is 0 Å². The first-order chi connectivity index (χ1) is 12.5. The number of alkyl carbamates (subject to hydrolysis) is 1. The van der Waals surface area contributed by atoms with Gasteiger partial charge in [0.1, 0.15) is 12.3 Å². The van der Waals surface area contributed by atoms with Crippen molar-refractivity contribution >= 4 is 23.5 Å². The Morgan fingerprint density at radius 1 is 1.31 bits per heavy atom. The standard InChI is InChI=1S/C18H18FN3O4/c19-15-10-14(11-16(17(15)20)22(24)25)8-4-5-9-21-18(23)26-12-13-6-2-1-3-7-13/h1-4,6-8,10-11H,5,9,12,20H2,(H,21,23). The molecule has 0 spiro atoms. The molecule has 0 unspecified atom stereocenters. The second-order valence-corrected chi connectivity index (χ2v) is 5.37. The second-order valence-electron chi connectivity index (χ2n) is 5.37. The van der Waals surface area contributed by atoms with Crippen molar-refractivity contribution in [2.24, 2.45) is 0 Å². The van der Waals surface area contributed by atoms with Gasteiger partial charge in [-0.2, -0.15) is 0 Å². The lowest BCUT2D eigenvalue weighted by Gasteiger charge is -2.06. The van der Waals surface area contributed by atoms with E-state index in [1.807, 2.05) is 30.3 Å². The van der Waals surface area contributed by atoms with E-state index >= 15 is 0 Å². The van der Waals surface area contributed by atoms with Gasteiger partial charge in [-0.1, -0.05) is 42.5 Å². The van der Waals surface area contributed by atoms with Crippen LogP contribution in [0.25, 0.3) is 6.08 Å². The van der Waals surface area contributed by atoms with Gasteiger partial charge in [0.05, 0.1) is 4.92 Å². The average molecular weight is 359 g/mol. The fourth-order valence-electron chi connectivity index (χ4n) is 2.12. The SMILES string of the molecule is Nc1c(F)cc(C=CCCNC(=O)OCc2ccccc2)cc1[N+](=O)[O-]. The van der Waals surface area contributed by atoms with Crippen LogP contribution in [0, 0.1) is 15.9 Å². The Morgan fingerprint density at radius 2 is 2.04 bits per heavy atom. The summed E-state index contributed by atoms with van der Waals surface area (Å²) in [5, 5.41) is 13.4. The molecule has 0 atom stereocenters. The Labute approximate surface area is 149 Å². The first-order valence-corrected chi connectivity index (χ1v) is 7.82. The number of benzene rings is 2. The summed E-state index contributed by atoms with van der Waals surface area (Å²) < 4.78 is 18.6. The van der Waals surface area contributed by atoms with Crippen LogP contribution in [-0.2, 0) is 11.3 Å². The van der Waals surface area contributed by atoms with Gasteiger partial charge in [0, 0.05) is 12.6 Å². The predicted octanol–water partition coefficient (Wildman–Crippen LogP) is 3.65. The van der Waals surface area contributed by atoms with Gasteiger partial charge < -0.3 is 15.8 Å². The van der Waals surface area contributed by atoms with Crippen molar-refractivity contribution < 1.29 is 18.8 Å². The van der Waals surface area contributed by atoms with Crippen LogP contribution in [0.4, 0.5) is 20.6 Å². The van der Waals surface area contributed by atoms with Gasteiger partial charge >= 0.3 is 6.09 Å². The second kappa shape index (κ2) is 9.16. The summed E-state index contributed by atoms with van der Waals surface area (Å²) in [6.45, 7) is 0.487. The molecule has 0 aliphatic rings. The number of halogens is 1. The lowest BCUT2D eigenvalue weighted by molar-refractivity contribution is -0.384. The third-order valence-electron chi connectivity index (χ3n) is 3.43. The van der Waals surface area contributed by atoms with Crippen molar-refractivity contribution in [1.29, 1.82) is 0 Å². The Bertz CT molecular complexity index is 810. The largest absolute Gasteiger partial charge is 0.445 e. The molecule has 0 fully saturated rings. The number of nitro groups is 1. The molecule has 3 N–H and O–H groups in total. The molecule has 0 aliphatic heterocycles. The van der Waals surface area contributed by atoms with Gasteiger partial charge in [0.15, 0.2) is 5.82 Å². The number of hydrogen-bond donors (Lipinski definition) is 2. The molecule has 0 bridgehead atoms. The van der Waals surface area contributed by atoms with E-state index < -0.39 is 28.2 Å². The molecule has 2 rings (SSSR count). The number of nitrogens with one attached hydrogen (secondary N) is 1. The molecule has 0 heterocycles. The molecule has 8 heteroatoms. The van der Waals surface area contributed by atoms with Crippen LogP contribution in [0.3, 0.4) is 0 Å². The predicted molar refractivity (Wildman–Crippen MR) is 95.7 cm³/mol. The van der Waals surface area contributed by atoms with E-state index in [4.69, 9.17) is 10.5 Å². The highest BCUT2D eigenvalue weighted by atomic mass is 19.1. The van der Waals surface area contributed by atoms with Gasteiger partial charge in [-0.25, -0.2) is 9.18 Å². The van der Waals surface area contributed by atoms with E-state index in [1.165, 1.54) is 12.1 Å². The highest BCUT2D eigenvalue weighted by Gasteiger charge is 2.16. The van der Waals surface area contributed by atoms with Crippen LogP contribution < -0.4 is 11.1 Å². The maximum absolute atomic E-state index is 13.6. The highest BCUT2D eigenvalue weighted by Crippen LogP contribution is 2.26.